The number of thiophene rings is 1. The maximum Gasteiger partial charge on any atom is 0.265 e. The maximum absolute atomic E-state index is 13.0. The van der Waals surface area contributed by atoms with Crippen molar-refractivity contribution in [2.75, 3.05) is 11.1 Å². The molecule has 0 aliphatic heterocycles. The lowest BCUT2D eigenvalue weighted by Gasteiger charge is -2.17. The molecule has 5 heteroatoms. The number of hydrogen-bond donors (Lipinski definition) is 2. The number of nitrogens with one attached hydrogen (secondary N) is 1. The van der Waals surface area contributed by atoms with E-state index in [9.17, 15) is 8.78 Å². The third kappa shape index (κ3) is 3.23. The van der Waals surface area contributed by atoms with Crippen molar-refractivity contribution in [2.45, 2.75) is 26.3 Å². The Morgan fingerprint density at radius 3 is 2.53 bits per heavy atom. The van der Waals surface area contributed by atoms with Crippen molar-refractivity contribution in [1.29, 1.82) is 0 Å². The number of nitrogens with two attached hydrogens (primary N) is 1. The van der Waals surface area contributed by atoms with E-state index < -0.39 is 6.43 Å². The third-order valence-electron chi connectivity index (χ3n) is 2.87. The Hall–Kier alpha value is -1.62. The molecule has 0 fully saturated rings. The minimum atomic E-state index is -2.54. The molecular formula is C14H16F2N2S. The standard InChI is InChI=1S/C14H16F2N2S/c1-8-3-6-13(19-8)9(2)18-12-5-4-10(17)7-11(12)14(15)16/h3-7,9,14,18H,17H2,1-2H3. The summed E-state index contributed by atoms with van der Waals surface area (Å²) in [5, 5.41) is 3.12. The first-order valence-corrected chi connectivity index (χ1v) is 6.79. The highest BCUT2D eigenvalue weighted by atomic mass is 32.1. The zero-order valence-electron chi connectivity index (χ0n) is 10.8. The molecule has 19 heavy (non-hydrogen) atoms. The van der Waals surface area contributed by atoms with Gasteiger partial charge in [0.15, 0.2) is 0 Å². The Balaban J connectivity index is 2.23. The van der Waals surface area contributed by atoms with Crippen LogP contribution < -0.4 is 11.1 Å². The van der Waals surface area contributed by atoms with E-state index in [-0.39, 0.29) is 11.6 Å². The summed E-state index contributed by atoms with van der Waals surface area (Å²) < 4.78 is 25.9. The van der Waals surface area contributed by atoms with Gasteiger partial charge in [-0.3, -0.25) is 0 Å². The van der Waals surface area contributed by atoms with Gasteiger partial charge in [0.05, 0.1) is 6.04 Å². The van der Waals surface area contributed by atoms with Crippen molar-refractivity contribution in [3.8, 4) is 0 Å². The Kier molecular flexibility index (Phi) is 4.04. The van der Waals surface area contributed by atoms with E-state index in [0.29, 0.717) is 11.4 Å². The van der Waals surface area contributed by atoms with Crippen LogP contribution in [0.3, 0.4) is 0 Å². The van der Waals surface area contributed by atoms with Crippen molar-refractivity contribution in [3.63, 3.8) is 0 Å². The Morgan fingerprint density at radius 2 is 1.95 bits per heavy atom. The van der Waals surface area contributed by atoms with Gasteiger partial charge >= 0.3 is 0 Å². The molecule has 3 N–H and O–H groups in total. The second-order valence-electron chi connectivity index (χ2n) is 4.46. The number of anilines is 2. The highest BCUT2D eigenvalue weighted by molar-refractivity contribution is 7.12. The molecule has 102 valence electrons. The molecule has 1 heterocycles. The molecule has 2 rings (SSSR count). The smallest absolute Gasteiger partial charge is 0.265 e. The van der Waals surface area contributed by atoms with E-state index in [1.165, 1.54) is 10.9 Å². The maximum atomic E-state index is 13.0. The predicted molar refractivity (Wildman–Crippen MR) is 76.9 cm³/mol. The summed E-state index contributed by atoms with van der Waals surface area (Å²) in [6.45, 7) is 3.98. The predicted octanol–water partition coefficient (Wildman–Crippen LogP) is 4.75. The average molecular weight is 282 g/mol. The fourth-order valence-corrected chi connectivity index (χ4v) is 2.76. The van der Waals surface area contributed by atoms with Crippen molar-refractivity contribution in [2.24, 2.45) is 0 Å². The monoisotopic (exact) mass is 282 g/mol. The van der Waals surface area contributed by atoms with Gasteiger partial charge in [-0.25, -0.2) is 8.78 Å². The van der Waals surface area contributed by atoms with Crippen LogP contribution in [0.5, 0.6) is 0 Å². The van der Waals surface area contributed by atoms with Gasteiger partial charge in [-0.1, -0.05) is 0 Å². The summed E-state index contributed by atoms with van der Waals surface area (Å²) in [7, 11) is 0. The number of alkyl halides is 2. The van der Waals surface area contributed by atoms with Crippen LogP contribution in [-0.2, 0) is 0 Å². The summed E-state index contributed by atoms with van der Waals surface area (Å²) in [4.78, 5) is 2.32. The Morgan fingerprint density at radius 1 is 1.21 bits per heavy atom. The summed E-state index contributed by atoms with van der Waals surface area (Å²) in [6, 6.07) is 8.57. The minimum absolute atomic E-state index is 0.0141. The van der Waals surface area contributed by atoms with Gasteiger partial charge in [0.1, 0.15) is 0 Å². The summed E-state index contributed by atoms with van der Waals surface area (Å²) in [5.41, 5.74) is 6.28. The van der Waals surface area contributed by atoms with Gasteiger partial charge in [-0.05, 0) is 44.2 Å². The zero-order chi connectivity index (χ0) is 14.0. The lowest BCUT2D eigenvalue weighted by Crippen LogP contribution is -2.07. The number of rotatable bonds is 4. The highest BCUT2D eigenvalue weighted by Gasteiger charge is 2.16. The van der Waals surface area contributed by atoms with Crippen LogP contribution in [0.25, 0.3) is 0 Å². The topological polar surface area (TPSA) is 38.0 Å². The van der Waals surface area contributed by atoms with Crippen molar-refractivity contribution < 1.29 is 8.78 Å². The lowest BCUT2D eigenvalue weighted by molar-refractivity contribution is 0.152. The molecule has 1 atom stereocenters. The minimum Gasteiger partial charge on any atom is -0.399 e. The van der Waals surface area contributed by atoms with E-state index in [0.717, 1.165) is 4.88 Å². The van der Waals surface area contributed by atoms with Crippen LogP contribution in [0.15, 0.2) is 30.3 Å². The second-order valence-corrected chi connectivity index (χ2v) is 5.78. The number of hydrogen-bond acceptors (Lipinski definition) is 3. The first kappa shape index (κ1) is 13.8. The molecular weight excluding hydrogens is 266 g/mol. The fraction of sp³-hybridized carbons (Fsp3) is 0.286. The molecule has 1 aromatic carbocycles. The molecule has 0 saturated heterocycles. The van der Waals surface area contributed by atoms with E-state index in [4.69, 9.17) is 5.73 Å². The van der Waals surface area contributed by atoms with Crippen LogP contribution in [0.2, 0.25) is 0 Å². The zero-order valence-corrected chi connectivity index (χ0v) is 11.6. The van der Waals surface area contributed by atoms with Crippen molar-refractivity contribution in [1.82, 2.24) is 0 Å². The van der Waals surface area contributed by atoms with Gasteiger partial charge in [0.25, 0.3) is 6.43 Å². The van der Waals surface area contributed by atoms with Crippen molar-refractivity contribution in [3.05, 3.63) is 45.6 Å². The largest absolute Gasteiger partial charge is 0.399 e. The quantitative estimate of drug-likeness (QED) is 0.794. The Bertz CT molecular complexity index is 566. The lowest BCUT2D eigenvalue weighted by atomic mass is 10.1. The third-order valence-corrected chi connectivity index (χ3v) is 4.05. The number of halogens is 2. The first-order valence-electron chi connectivity index (χ1n) is 5.98. The van der Waals surface area contributed by atoms with Crippen molar-refractivity contribution >= 4 is 22.7 Å². The SMILES string of the molecule is Cc1ccc(C(C)Nc2ccc(N)cc2C(F)F)s1. The molecule has 0 bridgehead atoms. The van der Waals surface area contributed by atoms with E-state index in [2.05, 4.69) is 5.32 Å². The van der Waals surface area contributed by atoms with E-state index in [1.54, 1.807) is 23.5 Å². The molecule has 1 unspecified atom stereocenters. The van der Waals surface area contributed by atoms with Crippen LogP contribution >= 0.6 is 11.3 Å². The first-order chi connectivity index (χ1) is 8.97. The summed E-state index contributed by atoms with van der Waals surface area (Å²) in [6.07, 6.45) is -2.54. The van der Waals surface area contributed by atoms with Crippen LogP contribution in [0.4, 0.5) is 20.2 Å². The van der Waals surface area contributed by atoms with Gasteiger partial charge in [-0.2, -0.15) is 0 Å². The van der Waals surface area contributed by atoms with Gasteiger partial charge in [0.2, 0.25) is 0 Å². The van der Waals surface area contributed by atoms with Gasteiger partial charge in [-0.15, -0.1) is 11.3 Å². The highest BCUT2D eigenvalue weighted by Crippen LogP contribution is 2.32. The summed E-state index contributed by atoms with van der Waals surface area (Å²) in [5.74, 6) is 0. The molecule has 2 nitrogen and oxygen atoms in total. The second kappa shape index (κ2) is 5.57. The number of nitrogen functional groups attached to an aromatic ring is 1. The molecule has 2 aromatic rings. The molecule has 0 aliphatic carbocycles. The number of benzene rings is 1. The van der Waals surface area contributed by atoms with E-state index >= 15 is 0 Å². The normalized spacial score (nSPS) is 12.7. The molecule has 0 amide bonds. The van der Waals surface area contributed by atoms with Gasteiger partial charge in [0, 0.05) is 26.7 Å². The molecule has 0 aliphatic rings. The van der Waals surface area contributed by atoms with E-state index in [1.807, 2.05) is 26.0 Å². The average Bonchev–Trinajstić information content (AvgIpc) is 2.78. The molecule has 0 radical (unpaired) electrons. The molecule has 1 aromatic heterocycles. The molecule has 0 saturated carbocycles. The van der Waals surface area contributed by atoms with Crippen LogP contribution in [0, 0.1) is 6.92 Å². The van der Waals surface area contributed by atoms with Gasteiger partial charge < -0.3 is 11.1 Å². The fourth-order valence-electron chi connectivity index (χ4n) is 1.88. The number of aryl methyl sites for hydroxylation is 1. The Labute approximate surface area is 115 Å². The molecule has 0 spiro atoms. The summed E-state index contributed by atoms with van der Waals surface area (Å²) >= 11 is 1.66. The van der Waals surface area contributed by atoms with Crippen LogP contribution in [-0.4, -0.2) is 0 Å². The van der Waals surface area contributed by atoms with Crippen LogP contribution in [0.1, 0.15) is 34.7 Å².